The Labute approximate surface area is 192 Å². The first-order valence-electron chi connectivity index (χ1n) is 11.4. The van der Waals surface area contributed by atoms with Crippen molar-refractivity contribution in [2.24, 2.45) is 5.92 Å². The van der Waals surface area contributed by atoms with Crippen LogP contribution in [0.2, 0.25) is 0 Å². The van der Waals surface area contributed by atoms with E-state index < -0.39 is 6.04 Å². The van der Waals surface area contributed by atoms with Crippen molar-refractivity contribution in [2.45, 2.75) is 59.5 Å². The Balaban J connectivity index is 3.55. The monoisotopic (exact) mass is 461 g/mol. The fourth-order valence-electron chi connectivity index (χ4n) is 2.47. The van der Waals surface area contributed by atoms with Crippen molar-refractivity contribution < 1.29 is 33.3 Å². The number of ether oxygens (including phenoxy) is 4. The molecule has 0 aliphatic carbocycles. The standard InChI is InChI=1S/C22H43N3O7/c1-6-19(26)23-8-10-30-12-14-32-16-15-31-13-11-29-9-7-20(27)25-21(17(2)3)22(28)24-18(4)5/h17-18,21H,6-16H2,1-5H3,(H,23,26)(H,24,28)(H,25,27)/t21-/m0/s1. The molecule has 0 fully saturated rings. The van der Waals surface area contributed by atoms with E-state index in [4.69, 9.17) is 18.9 Å². The third kappa shape index (κ3) is 17.9. The molecule has 10 nitrogen and oxygen atoms in total. The van der Waals surface area contributed by atoms with Gasteiger partial charge < -0.3 is 34.9 Å². The summed E-state index contributed by atoms with van der Waals surface area (Å²) >= 11 is 0. The summed E-state index contributed by atoms with van der Waals surface area (Å²) in [5.41, 5.74) is 0. The Morgan fingerprint density at radius 1 is 0.688 bits per heavy atom. The van der Waals surface area contributed by atoms with E-state index in [1.807, 2.05) is 27.7 Å². The quantitative estimate of drug-likeness (QED) is 0.227. The van der Waals surface area contributed by atoms with E-state index in [1.165, 1.54) is 0 Å². The highest BCUT2D eigenvalue weighted by Crippen LogP contribution is 2.03. The van der Waals surface area contributed by atoms with E-state index in [0.29, 0.717) is 59.2 Å². The molecule has 32 heavy (non-hydrogen) atoms. The van der Waals surface area contributed by atoms with Gasteiger partial charge in [-0.1, -0.05) is 20.8 Å². The minimum Gasteiger partial charge on any atom is -0.379 e. The number of rotatable bonds is 20. The second-order valence-electron chi connectivity index (χ2n) is 7.86. The van der Waals surface area contributed by atoms with Crippen LogP contribution < -0.4 is 16.0 Å². The fourth-order valence-corrected chi connectivity index (χ4v) is 2.47. The maximum absolute atomic E-state index is 12.2. The van der Waals surface area contributed by atoms with Gasteiger partial charge in [-0.05, 0) is 19.8 Å². The minimum absolute atomic E-state index is 0.00530. The molecule has 0 rings (SSSR count). The Morgan fingerprint density at radius 2 is 1.19 bits per heavy atom. The zero-order valence-corrected chi connectivity index (χ0v) is 20.4. The van der Waals surface area contributed by atoms with Crippen molar-refractivity contribution in [3.05, 3.63) is 0 Å². The summed E-state index contributed by atoms with van der Waals surface area (Å²) in [7, 11) is 0. The van der Waals surface area contributed by atoms with Crippen LogP contribution >= 0.6 is 0 Å². The molecule has 0 saturated heterocycles. The third-order valence-electron chi connectivity index (χ3n) is 4.18. The summed E-state index contributed by atoms with van der Waals surface area (Å²) in [6.07, 6.45) is 0.657. The lowest BCUT2D eigenvalue weighted by Crippen LogP contribution is -2.51. The number of carbonyl (C=O) groups is 3. The van der Waals surface area contributed by atoms with Crippen molar-refractivity contribution in [1.82, 2.24) is 16.0 Å². The summed E-state index contributed by atoms with van der Waals surface area (Å²) in [4.78, 5) is 35.3. The predicted molar refractivity (Wildman–Crippen MR) is 121 cm³/mol. The molecule has 0 aliphatic rings. The van der Waals surface area contributed by atoms with Crippen molar-refractivity contribution in [1.29, 1.82) is 0 Å². The van der Waals surface area contributed by atoms with E-state index in [2.05, 4.69) is 16.0 Å². The average molecular weight is 462 g/mol. The summed E-state index contributed by atoms with van der Waals surface area (Å²) < 4.78 is 21.5. The molecule has 10 heteroatoms. The van der Waals surface area contributed by atoms with Gasteiger partial charge >= 0.3 is 0 Å². The zero-order chi connectivity index (χ0) is 24.2. The highest BCUT2D eigenvalue weighted by Gasteiger charge is 2.24. The Kier molecular flexibility index (Phi) is 18.8. The van der Waals surface area contributed by atoms with Crippen LogP contribution in [0.3, 0.4) is 0 Å². The van der Waals surface area contributed by atoms with Crippen molar-refractivity contribution in [3.63, 3.8) is 0 Å². The first kappa shape index (κ1) is 30.2. The predicted octanol–water partition coefficient (Wildman–Crippen LogP) is 0.635. The molecule has 1 atom stereocenters. The number of hydrogen-bond donors (Lipinski definition) is 3. The van der Waals surface area contributed by atoms with Crippen LogP contribution in [0.15, 0.2) is 0 Å². The first-order valence-corrected chi connectivity index (χ1v) is 11.4. The van der Waals surface area contributed by atoms with Gasteiger partial charge in [-0.2, -0.15) is 0 Å². The van der Waals surface area contributed by atoms with Gasteiger partial charge in [-0.3, -0.25) is 14.4 Å². The lowest BCUT2D eigenvalue weighted by molar-refractivity contribution is -0.131. The van der Waals surface area contributed by atoms with E-state index in [9.17, 15) is 14.4 Å². The summed E-state index contributed by atoms with van der Waals surface area (Å²) in [6, 6.07) is -0.533. The van der Waals surface area contributed by atoms with E-state index in [0.717, 1.165) is 0 Å². The van der Waals surface area contributed by atoms with Crippen LogP contribution in [0, 0.1) is 5.92 Å². The molecule has 3 amide bonds. The maximum Gasteiger partial charge on any atom is 0.243 e. The van der Waals surface area contributed by atoms with Crippen molar-refractivity contribution >= 4 is 17.7 Å². The highest BCUT2D eigenvalue weighted by atomic mass is 16.6. The van der Waals surface area contributed by atoms with Gasteiger partial charge in [0.1, 0.15) is 6.04 Å². The number of amides is 3. The van der Waals surface area contributed by atoms with Gasteiger partial charge in [0.05, 0.1) is 52.9 Å². The van der Waals surface area contributed by atoms with Gasteiger partial charge in [0.2, 0.25) is 17.7 Å². The number of carbonyl (C=O) groups excluding carboxylic acids is 3. The molecule has 0 aliphatic heterocycles. The molecule has 3 N–H and O–H groups in total. The molecule has 188 valence electrons. The molecule has 0 aromatic heterocycles. The third-order valence-corrected chi connectivity index (χ3v) is 4.18. The normalized spacial score (nSPS) is 12.1. The molecular formula is C22H43N3O7. The maximum atomic E-state index is 12.2. The molecule has 0 bridgehead atoms. The van der Waals surface area contributed by atoms with Gasteiger partial charge in [-0.25, -0.2) is 0 Å². The molecule has 0 aromatic rings. The second-order valence-corrected chi connectivity index (χ2v) is 7.86. The van der Waals surface area contributed by atoms with Gasteiger partial charge in [0.25, 0.3) is 0 Å². The fraction of sp³-hybridized carbons (Fsp3) is 0.864. The molecule has 0 saturated carbocycles. The molecule has 0 radical (unpaired) electrons. The zero-order valence-electron chi connectivity index (χ0n) is 20.4. The van der Waals surface area contributed by atoms with E-state index >= 15 is 0 Å². The molecule has 0 unspecified atom stereocenters. The van der Waals surface area contributed by atoms with Crippen molar-refractivity contribution in [3.8, 4) is 0 Å². The van der Waals surface area contributed by atoms with Gasteiger partial charge in [0.15, 0.2) is 0 Å². The number of nitrogens with one attached hydrogen (secondary N) is 3. The van der Waals surface area contributed by atoms with Crippen LogP contribution in [-0.4, -0.2) is 89.2 Å². The Hall–Kier alpha value is -1.75. The Morgan fingerprint density at radius 3 is 1.66 bits per heavy atom. The van der Waals surface area contributed by atoms with E-state index in [1.54, 1.807) is 6.92 Å². The lowest BCUT2D eigenvalue weighted by Gasteiger charge is -2.23. The number of hydrogen-bond acceptors (Lipinski definition) is 7. The average Bonchev–Trinajstić information content (AvgIpc) is 2.73. The van der Waals surface area contributed by atoms with Crippen LogP contribution in [0.5, 0.6) is 0 Å². The van der Waals surface area contributed by atoms with Crippen molar-refractivity contribution in [2.75, 3.05) is 59.4 Å². The molecular weight excluding hydrogens is 418 g/mol. The summed E-state index contributed by atoms with van der Waals surface area (Å²) in [6.45, 7) is 13.2. The smallest absolute Gasteiger partial charge is 0.243 e. The van der Waals surface area contributed by atoms with Crippen LogP contribution in [0.4, 0.5) is 0 Å². The van der Waals surface area contributed by atoms with Crippen LogP contribution in [-0.2, 0) is 33.3 Å². The van der Waals surface area contributed by atoms with Gasteiger partial charge in [0, 0.05) is 25.4 Å². The second kappa shape index (κ2) is 19.9. The topological polar surface area (TPSA) is 124 Å². The largest absolute Gasteiger partial charge is 0.379 e. The SMILES string of the molecule is CCC(=O)NCCOCCOCCOCCOCCC(=O)N[C@H](C(=O)NC(C)C)C(C)C. The highest BCUT2D eigenvalue weighted by molar-refractivity contribution is 5.88. The Bertz CT molecular complexity index is 516. The van der Waals surface area contributed by atoms with E-state index in [-0.39, 0.29) is 42.7 Å². The van der Waals surface area contributed by atoms with Crippen LogP contribution in [0.25, 0.3) is 0 Å². The summed E-state index contributed by atoms with van der Waals surface area (Å²) in [5, 5.41) is 8.32. The summed E-state index contributed by atoms with van der Waals surface area (Å²) in [5.74, 6) is -0.381. The van der Waals surface area contributed by atoms with Gasteiger partial charge in [-0.15, -0.1) is 0 Å². The first-order chi connectivity index (χ1) is 15.3. The van der Waals surface area contributed by atoms with Crippen LogP contribution in [0.1, 0.15) is 47.5 Å². The molecule has 0 aromatic carbocycles. The minimum atomic E-state index is -0.555. The molecule has 0 heterocycles. The lowest BCUT2D eigenvalue weighted by atomic mass is 10.0. The molecule has 0 spiro atoms.